The maximum atomic E-state index is 11.8. The Morgan fingerprint density at radius 1 is 1.11 bits per heavy atom. The summed E-state index contributed by atoms with van der Waals surface area (Å²) < 4.78 is 23.0. The monoisotopic (exact) mass is 283 g/mol. The Kier molecular flexibility index (Phi) is 4.83. The normalized spacial score (nSPS) is 11.5. The number of Topliss-reactive ketones (excluding diaryl/α,β-unsaturated/α-hetero) is 1. The number of primary amides is 1. The molecule has 0 radical (unpaired) electrons. The molecule has 0 fully saturated rings. The molecule has 0 aliphatic heterocycles. The standard InChI is InChI=1S/C13H17NO4S/c1-9(2)10-3-5-11(6-4-10)12(15)7-19(17,18)8-13(14)16/h3-6,9H,7-8H2,1-2H3,(H2,14,16). The van der Waals surface area contributed by atoms with E-state index in [1.807, 2.05) is 13.8 Å². The molecule has 0 aliphatic rings. The third-order valence-corrected chi connectivity index (χ3v) is 4.04. The van der Waals surface area contributed by atoms with Crippen molar-refractivity contribution in [3.8, 4) is 0 Å². The number of amides is 1. The van der Waals surface area contributed by atoms with E-state index in [2.05, 4.69) is 0 Å². The number of hydrogen-bond donors (Lipinski definition) is 1. The Balaban J connectivity index is 2.81. The molecule has 0 unspecified atom stereocenters. The van der Waals surface area contributed by atoms with Crippen LogP contribution in [0.1, 0.15) is 35.7 Å². The number of rotatable bonds is 6. The summed E-state index contributed by atoms with van der Waals surface area (Å²) in [6.45, 7) is 4.04. The molecule has 0 aromatic heterocycles. The van der Waals surface area contributed by atoms with Crippen molar-refractivity contribution >= 4 is 21.5 Å². The van der Waals surface area contributed by atoms with Gasteiger partial charge in [-0.05, 0) is 11.5 Å². The Morgan fingerprint density at radius 2 is 1.63 bits per heavy atom. The second-order valence-electron chi connectivity index (χ2n) is 4.70. The van der Waals surface area contributed by atoms with Crippen LogP contribution in [0.15, 0.2) is 24.3 Å². The summed E-state index contributed by atoms with van der Waals surface area (Å²) in [7, 11) is -3.78. The van der Waals surface area contributed by atoms with Gasteiger partial charge in [0.2, 0.25) is 5.91 Å². The van der Waals surface area contributed by atoms with Crippen LogP contribution in [0.5, 0.6) is 0 Å². The number of nitrogens with two attached hydrogens (primary N) is 1. The summed E-state index contributed by atoms with van der Waals surface area (Å²) >= 11 is 0. The number of sulfone groups is 1. The molecule has 5 nitrogen and oxygen atoms in total. The predicted molar refractivity (Wildman–Crippen MR) is 72.7 cm³/mol. The quantitative estimate of drug-likeness (QED) is 0.784. The van der Waals surface area contributed by atoms with Crippen LogP contribution >= 0.6 is 0 Å². The number of hydrogen-bond acceptors (Lipinski definition) is 4. The van der Waals surface area contributed by atoms with Gasteiger partial charge in [-0.1, -0.05) is 38.1 Å². The molecule has 1 aromatic rings. The van der Waals surface area contributed by atoms with Gasteiger partial charge in [-0.2, -0.15) is 0 Å². The van der Waals surface area contributed by atoms with Crippen molar-refractivity contribution < 1.29 is 18.0 Å². The maximum Gasteiger partial charge on any atom is 0.232 e. The molecule has 0 spiro atoms. The summed E-state index contributed by atoms with van der Waals surface area (Å²) in [5, 5.41) is 0. The van der Waals surface area contributed by atoms with E-state index < -0.39 is 33.0 Å². The average Bonchev–Trinajstić information content (AvgIpc) is 2.26. The highest BCUT2D eigenvalue weighted by Crippen LogP contribution is 2.15. The molecule has 0 bridgehead atoms. The van der Waals surface area contributed by atoms with Crippen LogP contribution in [-0.2, 0) is 14.6 Å². The van der Waals surface area contributed by atoms with Crippen molar-refractivity contribution in [1.29, 1.82) is 0 Å². The minimum Gasteiger partial charge on any atom is -0.369 e. The van der Waals surface area contributed by atoms with E-state index in [0.717, 1.165) is 5.56 Å². The van der Waals surface area contributed by atoms with E-state index in [0.29, 0.717) is 11.5 Å². The van der Waals surface area contributed by atoms with Crippen molar-refractivity contribution in [1.82, 2.24) is 0 Å². The number of carbonyl (C=O) groups is 2. The third kappa shape index (κ3) is 4.82. The van der Waals surface area contributed by atoms with Gasteiger partial charge in [0.05, 0.1) is 0 Å². The van der Waals surface area contributed by atoms with E-state index >= 15 is 0 Å². The molecule has 1 amide bonds. The second-order valence-corrected chi connectivity index (χ2v) is 6.76. The van der Waals surface area contributed by atoms with E-state index in [1.165, 1.54) is 0 Å². The Hall–Kier alpha value is -1.69. The van der Waals surface area contributed by atoms with E-state index in [-0.39, 0.29) is 0 Å². The van der Waals surface area contributed by atoms with Crippen LogP contribution in [0.2, 0.25) is 0 Å². The fourth-order valence-electron chi connectivity index (χ4n) is 1.60. The molecular weight excluding hydrogens is 266 g/mol. The molecule has 0 atom stereocenters. The van der Waals surface area contributed by atoms with E-state index in [1.54, 1.807) is 24.3 Å². The lowest BCUT2D eigenvalue weighted by Crippen LogP contribution is -2.28. The fraction of sp³-hybridized carbons (Fsp3) is 0.385. The maximum absolute atomic E-state index is 11.8. The lowest BCUT2D eigenvalue weighted by Gasteiger charge is -2.06. The topological polar surface area (TPSA) is 94.3 Å². The molecule has 2 N–H and O–H groups in total. The average molecular weight is 283 g/mol. The molecule has 6 heteroatoms. The zero-order valence-corrected chi connectivity index (χ0v) is 11.7. The van der Waals surface area contributed by atoms with Crippen LogP contribution in [0.4, 0.5) is 0 Å². The van der Waals surface area contributed by atoms with Gasteiger partial charge >= 0.3 is 0 Å². The first-order chi connectivity index (χ1) is 8.71. The van der Waals surface area contributed by atoms with Crippen LogP contribution in [-0.4, -0.2) is 31.6 Å². The first kappa shape index (κ1) is 15.4. The van der Waals surface area contributed by atoms with Crippen LogP contribution in [0, 0.1) is 0 Å². The van der Waals surface area contributed by atoms with Crippen molar-refractivity contribution in [3.05, 3.63) is 35.4 Å². The van der Waals surface area contributed by atoms with Gasteiger partial charge in [0.15, 0.2) is 15.6 Å². The van der Waals surface area contributed by atoms with Gasteiger partial charge in [0.25, 0.3) is 0 Å². The third-order valence-electron chi connectivity index (χ3n) is 2.61. The predicted octanol–water partition coefficient (Wildman–Crippen LogP) is 0.893. The number of ketones is 1. The summed E-state index contributed by atoms with van der Waals surface area (Å²) in [5.74, 6) is -2.65. The lowest BCUT2D eigenvalue weighted by atomic mass is 10.0. The zero-order chi connectivity index (χ0) is 14.6. The molecule has 0 saturated heterocycles. The Morgan fingerprint density at radius 3 is 2.05 bits per heavy atom. The van der Waals surface area contributed by atoms with Crippen LogP contribution < -0.4 is 5.73 Å². The molecule has 104 valence electrons. The molecule has 0 aliphatic carbocycles. The molecule has 0 saturated carbocycles. The summed E-state index contributed by atoms with van der Waals surface area (Å²) in [4.78, 5) is 22.4. The van der Waals surface area contributed by atoms with Crippen molar-refractivity contribution in [2.24, 2.45) is 5.73 Å². The van der Waals surface area contributed by atoms with Gasteiger partial charge in [-0.15, -0.1) is 0 Å². The van der Waals surface area contributed by atoms with Gasteiger partial charge < -0.3 is 5.73 Å². The highest BCUT2D eigenvalue weighted by atomic mass is 32.2. The van der Waals surface area contributed by atoms with Crippen LogP contribution in [0.3, 0.4) is 0 Å². The molecule has 1 aromatic carbocycles. The van der Waals surface area contributed by atoms with Gasteiger partial charge in [0, 0.05) is 5.56 Å². The summed E-state index contributed by atoms with van der Waals surface area (Å²) in [5.41, 5.74) is 6.20. The van der Waals surface area contributed by atoms with E-state index in [4.69, 9.17) is 5.73 Å². The molecule has 1 rings (SSSR count). The summed E-state index contributed by atoms with van der Waals surface area (Å²) in [6.07, 6.45) is 0. The molecule has 0 heterocycles. The summed E-state index contributed by atoms with van der Waals surface area (Å²) in [6, 6.07) is 6.77. The fourth-order valence-corrected chi connectivity index (χ4v) is 2.71. The first-order valence-corrected chi connectivity index (χ1v) is 7.65. The van der Waals surface area contributed by atoms with E-state index in [9.17, 15) is 18.0 Å². The van der Waals surface area contributed by atoms with Gasteiger partial charge in [0.1, 0.15) is 11.5 Å². The SMILES string of the molecule is CC(C)c1ccc(C(=O)CS(=O)(=O)CC(N)=O)cc1. The molecular formula is C13H17NO4S. The van der Waals surface area contributed by atoms with Crippen molar-refractivity contribution in [2.75, 3.05) is 11.5 Å². The lowest BCUT2D eigenvalue weighted by molar-refractivity contribution is -0.115. The smallest absolute Gasteiger partial charge is 0.232 e. The van der Waals surface area contributed by atoms with Gasteiger partial charge in [-0.3, -0.25) is 9.59 Å². The number of benzene rings is 1. The molecule has 19 heavy (non-hydrogen) atoms. The highest BCUT2D eigenvalue weighted by Gasteiger charge is 2.20. The van der Waals surface area contributed by atoms with Crippen molar-refractivity contribution in [2.45, 2.75) is 19.8 Å². The highest BCUT2D eigenvalue weighted by molar-refractivity contribution is 7.92. The van der Waals surface area contributed by atoms with Crippen LogP contribution in [0.25, 0.3) is 0 Å². The minimum absolute atomic E-state index is 0.317. The first-order valence-electron chi connectivity index (χ1n) is 5.83. The Bertz CT molecular complexity index is 573. The zero-order valence-electron chi connectivity index (χ0n) is 10.9. The second kappa shape index (κ2) is 5.97. The minimum atomic E-state index is -3.78. The largest absolute Gasteiger partial charge is 0.369 e. The van der Waals surface area contributed by atoms with Crippen molar-refractivity contribution in [3.63, 3.8) is 0 Å². The van der Waals surface area contributed by atoms with Gasteiger partial charge in [-0.25, -0.2) is 8.42 Å². The Labute approximate surface area is 112 Å². The number of carbonyl (C=O) groups excluding carboxylic acids is 2.